The van der Waals surface area contributed by atoms with Crippen LogP contribution in [0.5, 0.6) is 0 Å². The first-order valence-corrected chi connectivity index (χ1v) is 13.6. The molecular weight excluding hydrogens is 487 g/mol. The topological polar surface area (TPSA) is 125 Å². The van der Waals surface area contributed by atoms with E-state index in [1.807, 2.05) is 6.07 Å². The van der Waals surface area contributed by atoms with Gasteiger partial charge in [-0.05, 0) is 69.9 Å². The smallest absolute Gasteiger partial charge is 0.276 e. The average Bonchev–Trinajstić information content (AvgIpc) is 3.37. The fraction of sp³-hybridized carbons (Fsp3) is 0.519. The number of rotatable bonds is 9. The second-order valence-electron chi connectivity index (χ2n) is 10.7. The fourth-order valence-corrected chi connectivity index (χ4v) is 5.52. The summed E-state index contributed by atoms with van der Waals surface area (Å²) in [5.41, 5.74) is 1.61. The predicted octanol–water partition coefficient (Wildman–Crippen LogP) is 3.77. The first kappa shape index (κ1) is 24.7. The van der Waals surface area contributed by atoms with Crippen LogP contribution in [-0.2, 0) is 4.79 Å². The van der Waals surface area contributed by atoms with Crippen LogP contribution in [0.3, 0.4) is 0 Å². The molecule has 1 saturated heterocycles. The number of hydrogen-bond donors (Lipinski definition) is 4. The van der Waals surface area contributed by atoms with Gasteiger partial charge in [-0.2, -0.15) is 0 Å². The van der Waals surface area contributed by atoms with E-state index in [1.165, 1.54) is 23.0 Å². The van der Waals surface area contributed by atoms with Crippen molar-refractivity contribution in [3.05, 3.63) is 42.2 Å². The van der Waals surface area contributed by atoms with Gasteiger partial charge >= 0.3 is 0 Å². The molecule has 11 heteroatoms. The molecule has 200 valence electrons. The summed E-state index contributed by atoms with van der Waals surface area (Å²) < 4.78 is 15.6. The minimum absolute atomic E-state index is 0.0458. The number of ketones is 1. The van der Waals surface area contributed by atoms with Gasteiger partial charge in [-0.3, -0.25) is 14.6 Å². The molecule has 6 rings (SSSR count). The van der Waals surface area contributed by atoms with Crippen molar-refractivity contribution in [1.82, 2.24) is 24.9 Å². The number of amides is 1. The molecule has 3 aromatic heterocycles. The van der Waals surface area contributed by atoms with Crippen LogP contribution >= 0.6 is 0 Å². The number of nitrogens with one attached hydrogen (secondary N) is 4. The maximum absolute atomic E-state index is 14.1. The first-order valence-electron chi connectivity index (χ1n) is 13.6. The number of nitrogens with zero attached hydrogens (tertiary/aromatic N) is 4. The van der Waals surface area contributed by atoms with Crippen LogP contribution in [0.15, 0.2) is 30.7 Å². The summed E-state index contributed by atoms with van der Waals surface area (Å²) in [4.78, 5) is 33.8. The molecule has 2 aliphatic carbocycles. The van der Waals surface area contributed by atoms with E-state index in [0.717, 1.165) is 69.8 Å². The van der Waals surface area contributed by atoms with Gasteiger partial charge in [0.25, 0.3) is 5.91 Å². The lowest BCUT2D eigenvalue weighted by Gasteiger charge is -2.29. The van der Waals surface area contributed by atoms with E-state index < -0.39 is 11.7 Å². The zero-order valence-electron chi connectivity index (χ0n) is 21.3. The van der Waals surface area contributed by atoms with Crippen molar-refractivity contribution in [2.75, 3.05) is 22.5 Å². The summed E-state index contributed by atoms with van der Waals surface area (Å²) in [6, 6.07) is 4.03. The monoisotopic (exact) mass is 520 g/mol. The fourth-order valence-electron chi connectivity index (χ4n) is 5.52. The van der Waals surface area contributed by atoms with Crippen molar-refractivity contribution < 1.29 is 14.0 Å². The number of aromatic nitrogens is 4. The molecule has 0 aromatic carbocycles. The van der Waals surface area contributed by atoms with Crippen LogP contribution in [0.1, 0.15) is 68.3 Å². The maximum Gasteiger partial charge on any atom is 0.276 e. The van der Waals surface area contributed by atoms with Crippen molar-refractivity contribution in [2.45, 2.75) is 75.9 Å². The Morgan fingerprint density at radius 3 is 2.55 bits per heavy atom. The predicted molar refractivity (Wildman–Crippen MR) is 142 cm³/mol. The molecule has 3 aromatic rings. The Bertz CT molecular complexity index is 1330. The van der Waals surface area contributed by atoms with Gasteiger partial charge in [-0.25, -0.2) is 13.9 Å². The number of Topliss-reactive ketones (excluding diaryl/α,β-unsaturated/α-hetero) is 1. The van der Waals surface area contributed by atoms with Crippen LogP contribution in [0, 0.1) is 11.7 Å². The number of fused-ring (bicyclic) bond motifs is 1. The van der Waals surface area contributed by atoms with Crippen molar-refractivity contribution in [2.24, 2.45) is 5.92 Å². The largest absolute Gasteiger partial charge is 0.379 e. The van der Waals surface area contributed by atoms with Gasteiger partial charge in [0.2, 0.25) is 0 Å². The highest BCUT2D eigenvalue weighted by atomic mass is 19.1. The normalized spacial score (nSPS) is 23.3. The number of anilines is 3. The van der Waals surface area contributed by atoms with Gasteiger partial charge in [0, 0.05) is 30.8 Å². The standard InChI is InChI=1S/C27H33FN8O2/c28-19-14-29-11-9-20(19)34-27(38)23-15-31-26-22(32-17-7-8-17)13-25(35-36(23)26)33-18-5-3-16(4-6-18)12-24(37)21-2-1-10-30-21/h9,11,13-18,21,30,32H,1-8,10,12H2,(H,33,35)(H,29,34,38)/t16?,18?,21-/m0/s1. The minimum Gasteiger partial charge on any atom is -0.379 e. The molecule has 3 fully saturated rings. The SMILES string of the molecule is O=C(Nc1ccncc1F)c1cnc2c(NC3CC3)cc(NC3CCC(CC(=O)[C@@H]4CCCN4)CC3)nn12. The summed E-state index contributed by atoms with van der Waals surface area (Å²) in [5.74, 6) is 0.323. The highest BCUT2D eigenvalue weighted by Gasteiger charge is 2.29. The van der Waals surface area contributed by atoms with Crippen LogP contribution in [0.4, 0.5) is 21.6 Å². The van der Waals surface area contributed by atoms with Crippen LogP contribution < -0.4 is 21.3 Å². The Hall–Kier alpha value is -3.60. The molecule has 4 heterocycles. The number of carbonyl (C=O) groups excluding carboxylic acids is 2. The van der Waals surface area contributed by atoms with E-state index in [1.54, 1.807) is 0 Å². The molecule has 3 aliphatic rings. The van der Waals surface area contributed by atoms with Gasteiger partial charge in [-0.1, -0.05) is 0 Å². The Labute approximate surface area is 220 Å². The van der Waals surface area contributed by atoms with Crippen LogP contribution in [0.2, 0.25) is 0 Å². The van der Waals surface area contributed by atoms with E-state index in [9.17, 15) is 14.0 Å². The summed E-state index contributed by atoms with van der Waals surface area (Å²) in [6.45, 7) is 0.947. The van der Waals surface area contributed by atoms with Crippen molar-refractivity contribution in [3.8, 4) is 0 Å². The molecular formula is C27H33FN8O2. The lowest BCUT2D eigenvalue weighted by molar-refractivity contribution is -0.121. The zero-order chi connectivity index (χ0) is 26.1. The van der Waals surface area contributed by atoms with Crippen molar-refractivity contribution >= 4 is 34.5 Å². The molecule has 1 aliphatic heterocycles. The Balaban J connectivity index is 1.16. The molecule has 2 saturated carbocycles. The van der Waals surface area contributed by atoms with E-state index in [-0.39, 0.29) is 23.5 Å². The van der Waals surface area contributed by atoms with Gasteiger partial charge in [-0.15, -0.1) is 5.10 Å². The van der Waals surface area contributed by atoms with Gasteiger partial charge < -0.3 is 21.3 Å². The molecule has 10 nitrogen and oxygen atoms in total. The number of halogens is 1. The van der Waals surface area contributed by atoms with Gasteiger partial charge in [0.1, 0.15) is 11.6 Å². The van der Waals surface area contributed by atoms with Crippen LogP contribution in [0.25, 0.3) is 5.65 Å². The van der Waals surface area contributed by atoms with Crippen molar-refractivity contribution in [1.29, 1.82) is 0 Å². The van der Waals surface area contributed by atoms with Crippen molar-refractivity contribution in [3.63, 3.8) is 0 Å². The molecule has 0 radical (unpaired) electrons. The molecule has 0 bridgehead atoms. The quantitative estimate of drug-likeness (QED) is 0.336. The Kier molecular flexibility index (Phi) is 6.92. The third-order valence-corrected chi connectivity index (χ3v) is 7.80. The number of pyridine rings is 1. The highest BCUT2D eigenvalue weighted by Crippen LogP contribution is 2.32. The molecule has 1 atom stereocenters. The lowest BCUT2D eigenvalue weighted by atomic mass is 9.82. The third-order valence-electron chi connectivity index (χ3n) is 7.80. The highest BCUT2D eigenvalue weighted by molar-refractivity contribution is 6.03. The summed E-state index contributed by atoms with van der Waals surface area (Å²) in [7, 11) is 0. The average molecular weight is 521 g/mol. The van der Waals surface area contributed by atoms with E-state index in [2.05, 4.69) is 31.2 Å². The number of carbonyl (C=O) groups is 2. The van der Waals surface area contributed by atoms with Gasteiger partial charge in [0.05, 0.1) is 29.8 Å². The Morgan fingerprint density at radius 1 is 1.03 bits per heavy atom. The summed E-state index contributed by atoms with van der Waals surface area (Å²) in [5, 5.41) is 17.7. The van der Waals surface area contributed by atoms with Crippen LogP contribution in [-0.4, -0.2) is 55.9 Å². The second kappa shape index (κ2) is 10.6. The molecule has 0 spiro atoms. The summed E-state index contributed by atoms with van der Waals surface area (Å²) >= 11 is 0. The molecule has 4 N–H and O–H groups in total. The second-order valence-corrected chi connectivity index (χ2v) is 10.7. The first-order chi connectivity index (χ1) is 18.5. The Morgan fingerprint density at radius 2 is 1.82 bits per heavy atom. The minimum atomic E-state index is -0.613. The van der Waals surface area contributed by atoms with Gasteiger partial charge in [0.15, 0.2) is 17.2 Å². The zero-order valence-corrected chi connectivity index (χ0v) is 21.3. The molecule has 0 unspecified atom stereocenters. The molecule has 38 heavy (non-hydrogen) atoms. The maximum atomic E-state index is 14.1. The lowest BCUT2D eigenvalue weighted by Crippen LogP contribution is -2.34. The van der Waals surface area contributed by atoms with E-state index >= 15 is 0 Å². The number of imidazole rings is 1. The van der Waals surface area contributed by atoms with E-state index in [4.69, 9.17) is 5.10 Å². The summed E-state index contributed by atoms with van der Waals surface area (Å²) in [6.07, 6.45) is 12.7. The number of hydrogen-bond acceptors (Lipinski definition) is 8. The molecule has 1 amide bonds. The third kappa shape index (κ3) is 5.47. The van der Waals surface area contributed by atoms with E-state index in [0.29, 0.717) is 35.6 Å².